The Kier molecular flexibility index (Phi) is 5.30. The van der Waals surface area contributed by atoms with Gasteiger partial charge in [-0.3, -0.25) is 19.3 Å². The second-order valence-electron chi connectivity index (χ2n) is 6.10. The van der Waals surface area contributed by atoms with Gasteiger partial charge in [0.25, 0.3) is 5.91 Å². The van der Waals surface area contributed by atoms with Crippen LogP contribution in [0.25, 0.3) is 0 Å². The molecule has 0 fully saturated rings. The molecule has 0 bridgehead atoms. The molecule has 3 amide bonds. The monoisotopic (exact) mass is 390 g/mol. The number of hydrogen-bond acceptors (Lipinski definition) is 3. The first kappa shape index (κ1) is 18.4. The molecule has 3 rings (SSSR count). The maximum atomic E-state index is 12.5. The zero-order valence-electron chi connectivity index (χ0n) is 14.0. The van der Waals surface area contributed by atoms with Crippen LogP contribution in [0.3, 0.4) is 0 Å². The first-order chi connectivity index (χ1) is 12.4. The zero-order valence-corrected chi connectivity index (χ0v) is 15.5. The number of carbonyl (C=O) groups is 3. The lowest BCUT2D eigenvalue weighted by atomic mass is 9.98. The Bertz CT molecular complexity index is 898. The summed E-state index contributed by atoms with van der Waals surface area (Å²) in [5, 5.41) is 0.965. The molecule has 0 N–H and O–H groups in total. The molecular weight excluding hydrogens is 375 g/mol. The van der Waals surface area contributed by atoms with Crippen molar-refractivity contribution in [3.05, 3.63) is 69.2 Å². The lowest BCUT2D eigenvalue weighted by Crippen LogP contribution is -2.47. The number of halogens is 2. The van der Waals surface area contributed by atoms with Gasteiger partial charge < -0.3 is 4.90 Å². The Morgan fingerprint density at radius 2 is 1.88 bits per heavy atom. The third-order valence-electron chi connectivity index (χ3n) is 4.28. The molecule has 0 atom stereocenters. The van der Waals surface area contributed by atoms with Gasteiger partial charge in [-0.25, -0.2) is 0 Å². The Morgan fingerprint density at radius 3 is 2.62 bits per heavy atom. The van der Waals surface area contributed by atoms with E-state index >= 15 is 0 Å². The fourth-order valence-corrected chi connectivity index (χ4v) is 3.28. The van der Waals surface area contributed by atoms with Crippen LogP contribution in [0.5, 0.6) is 0 Å². The molecule has 2 aromatic carbocycles. The summed E-state index contributed by atoms with van der Waals surface area (Å²) in [4.78, 5) is 39.7. The standard InChI is InChI=1S/C19H16Cl2N2O3/c1-22(10-13-6-7-14(20)9-16(13)21)18(25)11-23-17(24)8-12-4-2-3-5-15(12)19(23)26/h2-7,9H,8,10-11H2,1H3. The van der Waals surface area contributed by atoms with E-state index in [0.717, 1.165) is 10.5 Å². The van der Waals surface area contributed by atoms with E-state index < -0.39 is 5.91 Å². The first-order valence-electron chi connectivity index (χ1n) is 7.97. The van der Waals surface area contributed by atoms with E-state index in [2.05, 4.69) is 0 Å². The average molecular weight is 391 g/mol. The number of fused-ring (bicyclic) bond motifs is 1. The summed E-state index contributed by atoms with van der Waals surface area (Å²) in [7, 11) is 1.60. The van der Waals surface area contributed by atoms with E-state index in [-0.39, 0.29) is 31.3 Å². The van der Waals surface area contributed by atoms with Crippen LogP contribution in [0.4, 0.5) is 0 Å². The molecule has 0 spiro atoms. The van der Waals surface area contributed by atoms with Crippen molar-refractivity contribution in [2.75, 3.05) is 13.6 Å². The van der Waals surface area contributed by atoms with Crippen molar-refractivity contribution in [1.29, 1.82) is 0 Å². The smallest absolute Gasteiger partial charge is 0.261 e. The van der Waals surface area contributed by atoms with Crippen molar-refractivity contribution in [2.24, 2.45) is 0 Å². The SMILES string of the molecule is CN(Cc1ccc(Cl)cc1Cl)C(=O)CN1C(=O)Cc2ccccc2C1=O. The van der Waals surface area contributed by atoms with Gasteiger partial charge in [0.05, 0.1) is 6.42 Å². The van der Waals surface area contributed by atoms with Crippen molar-refractivity contribution in [1.82, 2.24) is 9.80 Å². The highest BCUT2D eigenvalue weighted by Gasteiger charge is 2.32. The molecule has 1 aliphatic rings. The van der Waals surface area contributed by atoms with Gasteiger partial charge in [0.15, 0.2) is 0 Å². The van der Waals surface area contributed by atoms with E-state index in [0.29, 0.717) is 21.2 Å². The lowest BCUT2D eigenvalue weighted by Gasteiger charge is -2.28. The molecule has 0 unspecified atom stereocenters. The first-order valence-corrected chi connectivity index (χ1v) is 8.73. The third-order valence-corrected chi connectivity index (χ3v) is 4.86. The van der Waals surface area contributed by atoms with Gasteiger partial charge in [-0.05, 0) is 29.3 Å². The van der Waals surface area contributed by atoms with Crippen LogP contribution in [0.2, 0.25) is 10.0 Å². The molecule has 2 aromatic rings. The van der Waals surface area contributed by atoms with E-state index in [4.69, 9.17) is 23.2 Å². The Balaban J connectivity index is 1.71. The van der Waals surface area contributed by atoms with Gasteiger partial charge in [0.1, 0.15) is 6.54 Å². The number of amides is 3. The topological polar surface area (TPSA) is 57.7 Å². The highest BCUT2D eigenvalue weighted by Crippen LogP contribution is 2.23. The lowest BCUT2D eigenvalue weighted by molar-refractivity contribution is -0.137. The minimum absolute atomic E-state index is 0.113. The van der Waals surface area contributed by atoms with Crippen molar-refractivity contribution >= 4 is 40.9 Å². The number of rotatable bonds is 4. The molecule has 0 aliphatic carbocycles. The third kappa shape index (κ3) is 3.74. The van der Waals surface area contributed by atoms with Crippen molar-refractivity contribution in [3.63, 3.8) is 0 Å². The number of likely N-dealkylation sites (N-methyl/N-ethyl adjacent to an activating group) is 1. The predicted molar refractivity (Wildman–Crippen MR) is 99.1 cm³/mol. The van der Waals surface area contributed by atoms with Gasteiger partial charge in [-0.1, -0.05) is 47.5 Å². The van der Waals surface area contributed by atoms with E-state index in [1.807, 2.05) is 0 Å². The summed E-state index contributed by atoms with van der Waals surface area (Å²) in [6, 6.07) is 12.0. The second-order valence-corrected chi connectivity index (χ2v) is 6.95. The molecule has 1 aliphatic heterocycles. The van der Waals surface area contributed by atoms with E-state index in [9.17, 15) is 14.4 Å². The molecule has 0 saturated heterocycles. The number of hydrogen-bond donors (Lipinski definition) is 0. The Labute approximate surface area is 161 Å². The largest absolute Gasteiger partial charge is 0.340 e. The van der Waals surface area contributed by atoms with E-state index in [1.165, 1.54) is 4.90 Å². The zero-order chi connectivity index (χ0) is 18.8. The molecule has 1 heterocycles. The molecule has 0 radical (unpaired) electrons. The molecule has 134 valence electrons. The van der Waals surface area contributed by atoms with Gasteiger partial charge >= 0.3 is 0 Å². The highest BCUT2D eigenvalue weighted by molar-refractivity contribution is 6.35. The van der Waals surface area contributed by atoms with Gasteiger partial charge in [0, 0.05) is 29.2 Å². The number of benzene rings is 2. The van der Waals surface area contributed by atoms with Crippen LogP contribution in [0, 0.1) is 0 Å². The number of carbonyl (C=O) groups excluding carboxylic acids is 3. The summed E-state index contributed by atoms with van der Waals surface area (Å²) in [5.74, 6) is -1.17. The molecule has 7 heteroatoms. The van der Waals surface area contributed by atoms with Crippen molar-refractivity contribution in [3.8, 4) is 0 Å². The summed E-state index contributed by atoms with van der Waals surface area (Å²) >= 11 is 12.0. The predicted octanol–water partition coefficient (Wildman–Crippen LogP) is 3.18. The quantitative estimate of drug-likeness (QED) is 0.753. The van der Waals surface area contributed by atoms with Crippen molar-refractivity contribution in [2.45, 2.75) is 13.0 Å². The van der Waals surface area contributed by atoms with Crippen LogP contribution < -0.4 is 0 Å². The van der Waals surface area contributed by atoms with Gasteiger partial charge in [-0.15, -0.1) is 0 Å². The molecule has 26 heavy (non-hydrogen) atoms. The average Bonchev–Trinajstić information content (AvgIpc) is 2.60. The second kappa shape index (κ2) is 7.48. The fraction of sp³-hybridized carbons (Fsp3) is 0.211. The van der Waals surface area contributed by atoms with Crippen LogP contribution in [0.1, 0.15) is 21.5 Å². The number of imide groups is 1. The summed E-state index contributed by atoms with van der Waals surface area (Å²) in [5.41, 5.74) is 1.88. The van der Waals surface area contributed by atoms with Crippen molar-refractivity contribution < 1.29 is 14.4 Å². The number of nitrogens with zero attached hydrogens (tertiary/aromatic N) is 2. The molecule has 0 aromatic heterocycles. The maximum Gasteiger partial charge on any atom is 0.261 e. The Morgan fingerprint density at radius 1 is 1.15 bits per heavy atom. The Hall–Kier alpha value is -2.37. The normalized spacial score (nSPS) is 13.6. The maximum absolute atomic E-state index is 12.5. The van der Waals surface area contributed by atoms with Crippen LogP contribution in [-0.4, -0.2) is 41.1 Å². The van der Waals surface area contributed by atoms with Gasteiger partial charge in [0.2, 0.25) is 11.8 Å². The molecule has 5 nitrogen and oxygen atoms in total. The van der Waals surface area contributed by atoms with E-state index in [1.54, 1.807) is 49.5 Å². The molecule has 0 saturated carbocycles. The van der Waals surface area contributed by atoms with Gasteiger partial charge in [-0.2, -0.15) is 0 Å². The minimum atomic E-state index is -0.442. The summed E-state index contributed by atoms with van der Waals surface area (Å²) in [6.07, 6.45) is 0.113. The van der Waals surface area contributed by atoms with Crippen LogP contribution in [0.15, 0.2) is 42.5 Å². The highest BCUT2D eigenvalue weighted by atomic mass is 35.5. The summed E-state index contributed by atoms with van der Waals surface area (Å²) < 4.78 is 0. The minimum Gasteiger partial charge on any atom is -0.340 e. The molecular formula is C19H16Cl2N2O3. The fourth-order valence-electron chi connectivity index (χ4n) is 2.81. The van der Waals surface area contributed by atoms with Crippen LogP contribution in [-0.2, 0) is 22.6 Å². The van der Waals surface area contributed by atoms with Crippen LogP contribution >= 0.6 is 23.2 Å². The summed E-state index contributed by atoms with van der Waals surface area (Å²) in [6.45, 7) is -0.0463.